The highest BCUT2D eigenvalue weighted by Crippen LogP contribution is 2.22. The van der Waals surface area contributed by atoms with Crippen LogP contribution in [0.1, 0.15) is 15.9 Å². The maximum absolute atomic E-state index is 12.5. The normalized spacial score (nSPS) is 15.9. The van der Waals surface area contributed by atoms with Crippen LogP contribution in [-0.2, 0) is 4.74 Å². The number of ketones is 1. The highest BCUT2D eigenvalue weighted by atomic mass is 16.6. The van der Waals surface area contributed by atoms with Gasteiger partial charge in [-0.05, 0) is 29.0 Å². The molecule has 3 aromatic carbocycles. The van der Waals surface area contributed by atoms with Crippen LogP contribution in [-0.4, -0.2) is 43.5 Å². The number of anilines is 1. The van der Waals surface area contributed by atoms with Crippen LogP contribution in [0.4, 0.5) is 10.5 Å². The second kappa shape index (κ2) is 8.34. The SMILES string of the molecule is N=C(N)c1cccc(N2CC(CNCC(=O)c3ccc4ccccc4c3)OC2=O)c1. The molecule has 4 rings (SSSR count). The topological polar surface area (TPSA) is 109 Å². The van der Waals surface area contributed by atoms with E-state index >= 15 is 0 Å². The molecule has 152 valence electrons. The molecule has 7 heteroatoms. The van der Waals surface area contributed by atoms with Crippen LogP contribution in [0.15, 0.2) is 66.7 Å². The van der Waals surface area contributed by atoms with E-state index in [-0.39, 0.29) is 24.3 Å². The van der Waals surface area contributed by atoms with Crippen molar-refractivity contribution < 1.29 is 14.3 Å². The van der Waals surface area contributed by atoms with Gasteiger partial charge in [-0.3, -0.25) is 15.1 Å². The molecule has 1 amide bonds. The number of carbonyl (C=O) groups is 2. The Balaban J connectivity index is 1.33. The molecular weight excluding hydrogens is 380 g/mol. The van der Waals surface area contributed by atoms with Gasteiger partial charge in [-0.15, -0.1) is 0 Å². The number of Topliss-reactive ketones (excluding diaryl/α,β-unsaturated/α-hetero) is 1. The molecule has 4 N–H and O–H groups in total. The van der Waals surface area contributed by atoms with Gasteiger partial charge in [0.05, 0.1) is 13.1 Å². The van der Waals surface area contributed by atoms with E-state index < -0.39 is 6.09 Å². The minimum Gasteiger partial charge on any atom is -0.443 e. The standard InChI is InChI=1S/C23H22N4O3/c24-22(25)18-6-3-7-19(11-18)27-14-20(30-23(27)29)12-26-13-21(28)17-9-8-15-4-1-2-5-16(15)10-17/h1-11,20,26H,12-14H2,(H3,24,25). The summed E-state index contributed by atoms with van der Waals surface area (Å²) in [5.74, 6) is -0.0778. The van der Waals surface area contributed by atoms with Crippen LogP contribution >= 0.6 is 0 Å². The maximum Gasteiger partial charge on any atom is 0.414 e. The Morgan fingerprint density at radius 3 is 2.67 bits per heavy atom. The molecule has 1 aliphatic heterocycles. The molecule has 0 radical (unpaired) electrons. The number of cyclic esters (lactones) is 1. The average molecular weight is 402 g/mol. The van der Waals surface area contributed by atoms with Crippen molar-refractivity contribution in [1.29, 1.82) is 5.41 Å². The Morgan fingerprint density at radius 2 is 1.87 bits per heavy atom. The first kappa shape index (κ1) is 19.6. The summed E-state index contributed by atoms with van der Waals surface area (Å²) >= 11 is 0. The van der Waals surface area contributed by atoms with Crippen molar-refractivity contribution in [2.75, 3.05) is 24.5 Å². The van der Waals surface area contributed by atoms with Gasteiger partial charge in [-0.25, -0.2) is 4.79 Å². The number of amidine groups is 1. The zero-order valence-corrected chi connectivity index (χ0v) is 16.3. The summed E-state index contributed by atoms with van der Waals surface area (Å²) in [7, 11) is 0. The van der Waals surface area contributed by atoms with Crippen LogP contribution in [0.2, 0.25) is 0 Å². The maximum atomic E-state index is 12.5. The number of carbonyl (C=O) groups excluding carboxylic acids is 2. The van der Waals surface area contributed by atoms with E-state index in [0.29, 0.717) is 29.9 Å². The first-order valence-corrected chi connectivity index (χ1v) is 9.66. The molecular formula is C23H22N4O3. The molecule has 3 aromatic rings. The molecule has 1 atom stereocenters. The van der Waals surface area contributed by atoms with E-state index in [4.69, 9.17) is 15.9 Å². The second-order valence-corrected chi connectivity index (χ2v) is 7.20. The quantitative estimate of drug-likeness (QED) is 0.320. The van der Waals surface area contributed by atoms with E-state index in [1.807, 2.05) is 42.5 Å². The number of amides is 1. The van der Waals surface area contributed by atoms with E-state index in [0.717, 1.165) is 10.8 Å². The Bertz CT molecular complexity index is 1130. The van der Waals surface area contributed by atoms with Crippen molar-refractivity contribution >= 4 is 34.2 Å². The number of nitrogens with two attached hydrogens (primary N) is 1. The highest BCUT2D eigenvalue weighted by Gasteiger charge is 2.32. The summed E-state index contributed by atoms with van der Waals surface area (Å²) in [6, 6.07) is 20.5. The average Bonchev–Trinajstić information content (AvgIpc) is 3.13. The lowest BCUT2D eigenvalue weighted by Gasteiger charge is -2.14. The first-order valence-electron chi connectivity index (χ1n) is 9.66. The van der Waals surface area contributed by atoms with Gasteiger partial charge in [0.25, 0.3) is 0 Å². The molecule has 1 fully saturated rings. The fourth-order valence-corrected chi connectivity index (χ4v) is 3.49. The van der Waals surface area contributed by atoms with E-state index in [9.17, 15) is 9.59 Å². The molecule has 1 saturated heterocycles. The molecule has 0 aliphatic carbocycles. The molecule has 30 heavy (non-hydrogen) atoms. The number of hydrogen-bond acceptors (Lipinski definition) is 5. The van der Waals surface area contributed by atoms with E-state index in [1.165, 1.54) is 4.90 Å². The summed E-state index contributed by atoms with van der Waals surface area (Å²) in [6.45, 7) is 0.886. The lowest BCUT2D eigenvalue weighted by Crippen LogP contribution is -2.33. The Hall–Kier alpha value is -3.71. The number of fused-ring (bicyclic) bond motifs is 1. The van der Waals surface area contributed by atoms with Crippen molar-refractivity contribution in [3.8, 4) is 0 Å². The number of hydrogen-bond donors (Lipinski definition) is 3. The monoisotopic (exact) mass is 402 g/mol. The van der Waals surface area contributed by atoms with Gasteiger partial charge >= 0.3 is 6.09 Å². The van der Waals surface area contributed by atoms with Crippen LogP contribution in [0.25, 0.3) is 10.8 Å². The molecule has 1 unspecified atom stereocenters. The summed E-state index contributed by atoms with van der Waals surface area (Å²) < 4.78 is 5.40. The van der Waals surface area contributed by atoms with Crippen LogP contribution in [0.5, 0.6) is 0 Å². The lowest BCUT2D eigenvalue weighted by molar-refractivity contribution is 0.0984. The third kappa shape index (κ3) is 4.16. The minimum atomic E-state index is -0.455. The number of benzene rings is 3. The van der Waals surface area contributed by atoms with Gasteiger partial charge in [-0.2, -0.15) is 0 Å². The minimum absolute atomic E-state index is 0.0175. The van der Waals surface area contributed by atoms with Crippen LogP contribution in [0.3, 0.4) is 0 Å². The highest BCUT2D eigenvalue weighted by molar-refractivity contribution is 6.01. The fourth-order valence-electron chi connectivity index (χ4n) is 3.49. The number of nitrogens with zero attached hydrogens (tertiary/aromatic N) is 1. The second-order valence-electron chi connectivity index (χ2n) is 7.20. The predicted molar refractivity (Wildman–Crippen MR) is 116 cm³/mol. The molecule has 0 saturated carbocycles. The van der Waals surface area contributed by atoms with Crippen molar-refractivity contribution in [2.45, 2.75) is 6.10 Å². The Kier molecular flexibility index (Phi) is 5.45. The zero-order chi connectivity index (χ0) is 21.1. The van der Waals surface area contributed by atoms with Crippen molar-refractivity contribution in [1.82, 2.24) is 5.32 Å². The van der Waals surface area contributed by atoms with Gasteiger partial charge in [0, 0.05) is 23.4 Å². The zero-order valence-electron chi connectivity index (χ0n) is 16.3. The smallest absolute Gasteiger partial charge is 0.414 e. The third-order valence-corrected chi connectivity index (χ3v) is 5.07. The van der Waals surface area contributed by atoms with Crippen molar-refractivity contribution in [3.63, 3.8) is 0 Å². The lowest BCUT2D eigenvalue weighted by atomic mass is 10.0. The van der Waals surface area contributed by atoms with Gasteiger partial charge in [-0.1, -0.05) is 48.5 Å². The van der Waals surface area contributed by atoms with Crippen molar-refractivity contribution in [2.24, 2.45) is 5.73 Å². The molecule has 0 aromatic heterocycles. The number of rotatable bonds is 7. The fraction of sp³-hybridized carbons (Fsp3) is 0.174. The molecule has 0 spiro atoms. The predicted octanol–water partition coefficient (Wildman–Crippen LogP) is 2.92. The van der Waals surface area contributed by atoms with Crippen LogP contribution in [0, 0.1) is 5.41 Å². The molecule has 1 aliphatic rings. The summed E-state index contributed by atoms with van der Waals surface area (Å²) in [6.07, 6.45) is -0.828. The summed E-state index contributed by atoms with van der Waals surface area (Å²) in [5, 5.41) is 12.7. The number of ether oxygens (including phenoxy) is 1. The van der Waals surface area contributed by atoms with Gasteiger partial charge < -0.3 is 15.8 Å². The largest absolute Gasteiger partial charge is 0.443 e. The molecule has 7 nitrogen and oxygen atoms in total. The van der Waals surface area contributed by atoms with Crippen LogP contribution < -0.4 is 16.0 Å². The summed E-state index contributed by atoms with van der Waals surface area (Å²) in [4.78, 5) is 26.2. The van der Waals surface area contributed by atoms with Gasteiger partial charge in [0.15, 0.2) is 5.78 Å². The molecule has 0 bridgehead atoms. The van der Waals surface area contributed by atoms with Gasteiger partial charge in [0.2, 0.25) is 0 Å². The van der Waals surface area contributed by atoms with Crippen molar-refractivity contribution in [3.05, 3.63) is 77.9 Å². The Labute approximate surface area is 173 Å². The number of nitrogens with one attached hydrogen (secondary N) is 2. The van der Waals surface area contributed by atoms with E-state index in [1.54, 1.807) is 24.3 Å². The number of nitrogen functional groups attached to an aromatic ring is 1. The summed E-state index contributed by atoms with van der Waals surface area (Å²) in [5.41, 5.74) is 7.34. The molecule has 1 heterocycles. The van der Waals surface area contributed by atoms with E-state index in [2.05, 4.69) is 5.32 Å². The van der Waals surface area contributed by atoms with Gasteiger partial charge in [0.1, 0.15) is 11.9 Å². The first-order chi connectivity index (χ1) is 14.5. The Morgan fingerprint density at radius 1 is 1.07 bits per heavy atom. The third-order valence-electron chi connectivity index (χ3n) is 5.07.